The summed E-state index contributed by atoms with van der Waals surface area (Å²) in [6.07, 6.45) is 0. The molecule has 0 radical (unpaired) electrons. The molecule has 0 aliphatic heterocycles. The maximum absolute atomic E-state index is 2.40. The summed E-state index contributed by atoms with van der Waals surface area (Å²) in [7, 11) is 0. The van der Waals surface area contributed by atoms with Crippen LogP contribution >= 0.6 is 22.7 Å². The van der Waals surface area contributed by atoms with E-state index < -0.39 is 0 Å². The molecule has 0 spiro atoms. The van der Waals surface area contributed by atoms with Crippen LogP contribution in [0.5, 0.6) is 0 Å². The predicted molar refractivity (Wildman–Crippen MR) is 198 cm³/mol. The highest BCUT2D eigenvalue weighted by atomic mass is 32.1. The van der Waals surface area contributed by atoms with Crippen molar-refractivity contribution in [2.75, 3.05) is 4.90 Å². The minimum Gasteiger partial charge on any atom is -0.310 e. The number of hydrogen-bond donors (Lipinski definition) is 0. The molecule has 0 atom stereocenters. The van der Waals surface area contributed by atoms with Gasteiger partial charge < -0.3 is 4.90 Å². The van der Waals surface area contributed by atoms with Gasteiger partial charge in [0.05, 0.1) is 0 Å². The zero-order valence-electron chi connectivity index (χ0n) is 24.4. The maximum Gasteiger partial charge on any atom is 0.0468 e. The fourth-order valence-electron chi connectivity index (χ4n) is 6.44. The minimum absolute atomic E-state index is 1.14. The molecule has 0 bridgehead atoms. The molecule has 0 aliphatic rings. The molecule has 9 aromatic rings. The third kappa shape index (κ3) is 4.60. The van der Waals surface area contributed by atoms with Gasteiger partial charge in [0.2, 0.25) is 0 Å². The van der Waals surface area contributed by atoms with Crippen molar-refractivity contribution in [3.05, 3.63) is 164 Å². The lowest BCUT2D eigenvalue weighted by atomic mass is 10.00. The number of nitrogens with zero attached hydrogens (tertiary/aromatic N) is 1. The van der Waals surface area contributed by atoms with Gasteiger partial charge in [0.1, 0.15) is 0 Å². The van der Waals surface area contributed by atoms with E-state index in [1.165, 1.54) is 62.6 Å². The van der Waals surface area contributed by atoms with Gasteiger partial charge in [-0.05, 0) is 82.9 Å². The van der Waals surface area contributed by atoms with Crippen LogP contribution in [0.15, 0.2) is 164 Å². The van der Waals surface area contributed by atoms with Crippen molar-refractivity contribution in [1.29, 1.82) is 0 Å². The summed E-state index contributed by atoms with van der Waals surface area (Å²) < 4.78 is 5.27. The Morgan fingerprint density at radius 1 is 0.289 bits per heavy atom. The third-order valence-corrected chi connectivity index (χ3v) is 11.0. The molecule has 212 valence electrons. The Labute approximate surface area is 269 Å². The minimum atomic E-state index is 1.14. The Bertz CT molecular complexity index is 2350. The van der Waals surface area contributed by atoms with Crippen molar-refractivity contribution in [3.8, 4) is 22.3 Å². The average molecular weight is 610 g/mol. The van der Waals surface area contributed by atoms with Crippen LogP contribution in [0.1, 0.15) is 0 Å². The van der Waals surface area contributed by atoms with Crippen molar-refractivity contribution < 1.29 is 0 Å². The highest BCUT2D eigenvalue weighted by Gasteiger charge is 2.17. The Morgan fingerprint density at radius 2 is 0.667 bits per heavy atom. The van der Waals surface area contributed by atoms with Crippen molar-refractivity contribution >= 4 is 80.1 Å². The molecule has 9 rings (SSSR count). The van der Waals surface area contributed by atoms with Gasteiger partial charge in [0.15, 0.2) is 0 Å². The van der Waals surface area contributed by atoms with E-state index in [9.17, 15) is 0 Å². The predicted octanol–water partition coefficient (Wildman–Crippen LogP) is 13.2. The number of anilines is 3. The molecule has 0 unspecified atom stereocenters. The van der Waals surface area contributed by atoms with Crippen LogP contribution in [0.4, 0.5) is 17.1 Å². The highest BCUT2D eigenvalue weighted by molar-refractivity contribution is 7.26. The molecule has 2 aromatic heterocycles. The Kier molecular flexibility index (Phi) is 6.26. The quantitative estimate of drug-likeness (QED) is 0.188. The Morgan fingerprint density at radius 3 is 1.18 bits per heavy atom. The fourth-order valence-corrected chi connectivity index (χ4v) is 8.62. The van der Waals surface area contributed by atoms with E-state index in [1.807, 2.05) is 22.7 Å². The molecular formula is C42H27NS2. The smallest absolute Gasteiger partial charge is 0.0468 e. The molecule has 3 heteroatoms. The summed E-state index contributed by atoms with van der Waals surface area (Å²) in [6, 6.07) is 59.7. The van der Waals surface area contributed by atoms with Crippen LogP contribution in [0.25, 0.3) is 62.6 Å². The summed E-state index contributed by atoms with van der Waals surface area (Å²) >= 11 is 3.72. The number of benzene rings is 7. The van der Waals surface area contributed by atoms with E-state index >= 15 is 0 Å². The number of hydrogen-bond acceptors (Lipinski definition) is 3. The zero-order chi connectivity index (χ0) is 29.7. The van der Waals surface area contributed by atoms with Crippen molar-refractivity contribution in [1.82, 2.24) is 0 Å². The van der Waals surface area contributed by atoms with Crippen molar-refractivity contribution in [2.24, 2.45) is 0 Å². The van der Waals surface area contributed by atoms with E-state index in [1.54, 1.807) is 0 Å². The van der Waals surface area contributed by atoms with Gasteiger partial charge in [0.25, 0.3) is 0 Å². The van der Waals surface area contributed by atoms with Crippen molar-refractivity contribution in [3.63, 3.8) is 0 Å². The summed E-state index contributed by atoms with van der Waals surface area (Å²) in [5, 5.41) is 5.23. The van der Waals surface area contributed by atoms with Crippen molar-refractivity contribution in [2.45, 2.75) is 0 Å². The zero-order valence-corrected chi connectivity index (χ0v) is 26.0. The molecule has 0 fully saturated rings. The number of thiophene rings is 2. The molecule has 45 heavy (non-hydrogen) atoms. The van der Waals surface area contributed by atoms with Gasteiger partial charge >= 0.3 is 0 Å². The summed E-state index contributed by atoms with van der Waals surface area (Å²) in [4.78, 5) is 2.40. The second kappa shape index (κ2) is 10.7. The van der Waals surface area contributed by atoms with Crippen LogP contribution in [0.3, 0.4) is 0 Å². The second-order valence-electron chi connectivity index (χ2n) is 11.4. The molecule has 2 heterocycles. The van der Waals surface area contributed by atoms with Crippen LogP contribution in [-0.4, -0.2) is 0 Å². The molecule has 7 aromatic carbocycles. The largest absolute Gasteiger partial charge is 0.310 e. The maximum atomic E-state index is 2.40. The lowest BCUT2D eigenvalue weighted by molar-refractivity contribution is 1.30. The second-order valence-corrected chi connectivity index (χ2v) is 13.6. The summed E-state index contributed by atoms with van der Waals surface area (Å²) in [5.74, 6) is 0. The number of fused-ring (bicyclic) bond motifs is 6. The third-order valence-electron chi connectivity index (χ3n) is 8.69. The summed E-state index contributed by atoms with van der Waals surface area (Å²) in [6.45, 7) is 0. The highest BCUT2D eigenvalue weighted by Crippen LogP contribution is 2.43. The topological polar surface area (TPSA) is 3.24 Å². The molecule has 1 nitrogen and oxygen atoms in total. The van der Waals surface area contributed by atoms with E-state index in [4.69, 9.17) is 0 Å². The van der Waals surface area contributed by atoms with Crippen LogP contribution < -0.4 is 4.90 Å². The van der Waals surface area contributed by atoms with Crippen LogP contribution in [0, 0.1) is 0 Å². The van der Waals surface area contributed by atoms with Gasteiger partial charge in [-0.25, -0.2) is 0 Å². The van der Waals surface area contributed by atoms with Gasteiger partial charge in [-0.15, -0.1) is 22.7 Å². The monoisotopic (exact) mass is 609 g/mol. The van der Waals surface area contributed by atoms with Crippen LogP contribution in [-0.2, 0) is 0 Å². The lowest BCUT2D eigenvalue weighted by Crippen LogP contribution is -2.09. The van der Waals surface area contributed by atoms with Crippen LogP contribution in [0.2, 0.25) is 0 Å². The molecule has 0 N–H and O–H groups in total. The first-order valence-corrected chi connectivity index (χ1v) is 16.8. The molecule has 0 amide bonds. The van der Waals surface area contributed by atoms with Gasteiger partial charge in [-0.3, -0.25) is 0 Å². The molecule has 0 saturated heterocycles. The van der Waals surface area contributed by atoms with E-state index in [0.717, 1.165) is 17.1 Å². The molecule has 0 saturated carbocycles. The Balaban J connectivity index is 1.16. The molecule has 0 aliphatic carbocycles. The average Bonchev–Trinajstić information content (AvgIpc) is 3.67. The molecular weight excluding hydrogens is 583 g/mol. The van der Waals surface area contributed by atoms with E-state index in [0.29, 0.717) is 0 Å². The summed E-state index contributed by atoms with van der Waals surface area (Å²) in [5.41, 5.74) is 8.34. The Hall–Kier alpha value is -5.22. The fraction of sp³-hybridized carbons (Fsp3) is 0. The SMILES string of the molecule is c1ccc(-c2ccc(-c3ccc(N(c4ccc5sc6ccccc6c5c4)c4ccc5sc6ccccc6c5c4)cc3)cc2)cc1. The van der Waals surface area contributed by atoms with Gasteiger partial charge in [-0.1, -0.05) is 103 Å². The van der Waals surface area contributed by atoms with E-state index in [2.05, 4.69) is 169 Å². The number of rotatable bonds is 5. The first-order chi connectivity index (χ1) is 22.3. The standard InChI is InChI=1S/C42H27NS2/c1-2-8-28(9-3-1)29-14-16-30(17-15-29)31-18-20-32(21-19-31)43(33-22-24-41-37(26-33)35-10-4-6-12-39(35)44-41)34-23-25-42-38(27-34)36-11-5-7-13-40(36)45-42/h1-27H. The van der Waals surface area contributed by atoms with E-state index in [-0.39, 0.29) is 0 Å². The lowest BCUT2D eigenvalue weighted by Gasteiger charge is -2.26. The van der Waals surface area contributed by atoms with Gasteiger partial charge in [0, 0.05) is 57.4 Å². The van der Waals surface area contributed by atoms with Gasteiger partial charge in [-0.2, -0.15) is 0 Å². The first-order valence-electron chi connectivity index (χ1n) is 15.2. The normalized spacial score (nSPS) is 11.6. The first kappa shape index (κ1) is 26.2.